The lowest BCUT2D eigenvalue weighted by molar-refractivity contribution is -0.123. The predicted octanol–water partition coefficient (Wildman–Crippen LogP) is 3.09. The van der Waals surface area contributed by atoms with Crippen LogP contribution in [0.4, 0.5) is 4.39 Å². The third-order valence-electron chi connectivity index (χ3n) is 2.70. The van der Waals surface area contributed by atoms with Crippen molar-refractivity contribution < 1.29 is 9.18 Å². The van der Waals surface area contributed by atoms with Gasteiger partial charge < -0.3 is 5.32 Å². The van der Waals surface area contributed by atoms with Crippen LogP contribution >= 0.6 is 15.9 Å². The molecule has 0 aliphatic rings. The van der Waals surface area contributed by atoms with Gasteiger partial charge in [-0.25, -0.2) is 4.39 Å². The molecule has 1 aromatic rings. The first-order chi connectivity index (χ1) is 7.88. The van der Waals surface area contributed by atoms with Crippen LogP contribution in [-0.4, -0.2) is 17.9 Å². The SMILES string of the molecule is CCNC(C)(C)C(=O)Cc1cccc(F)c1Br. The van der Waals surface area contributed by atoms with Crippen molar-refractivity contribution in [1.29, 1.82) is 0 Å². The molecule has 0 spiro atoms. The fourth-order valence-corrected chi connectivity index (χ4v) is 2.02. The topological polar surface area (TPSA) is 29.1 Å². The molecule has 0 saturated heterocycles. The Morgan fingerprint density at radius 3 is 2.71 bits per heavy atom. The van der Waals surface area contributed by atoms with E-state index in [1.54, 1.807) is 12.1 Å². The molecular formula is C13H17BrFNO. The average molecular weight is 302 g/mol. The number of likely N-dealkylation sites (N-methyl/N-ethyl adjacent to an activating group) is 1. The van der Waals surface area contributed by atoms with E-state index in [1.807, 2.05) is 20.8 Å². The van der Waals surface area contributed by atoms with Crippen LogP contribution in [0.2, 0.25) is 0 Å². The molecule has 0 unspecified atom stereocenters. The number of Topliss-reactive ketones (excluding diaryl/α,β-unsaturated/α-hetero) is 1. The van der Waals surface area contributed by atoms with Crippen LogP contribution in [0.25, 0.3) is 0 Å². The number of benzene rings is 1. The molecule has 1 aromatic carbocycles. The Hall–Kier alpha value is -0.740. The maximum absolute atomic E-state index is 13.3. The van der Waals surface area contributed by atoms with Gasteiger partial charge in [0.05, 0.1) is 10.0 Å². The van der Waals surface area contributed by atoms with E-state index in [-0.39, 0.29) is 18.0 Å². The average Bonchev–Trinajstić information content (AvgIpc) is 2.24. The lowest BCUT2D eigenvalue weighted by Gasteiger charge is -2.24. The maximum atomic E-state index is 13.3. The first-order valence-electron chi connectivity index (χ1n) is 5.59. The highest BCUT2D eigenvalue weighted by Crippen LogP contribution is 2.22. The molecule has 0 bridgehead atoms. The zero-order valence-electron chi connectivity index (χ0n) is 10.3. The molecule has 94 valence electrons. The Morgan fingerprint density at radius 1 is 1.47 bits per heavy atom. The highest BCUT2D eigenvalue weighted by atomic mass is 79.9. The molecule has 1 N–H and O–H groups in total. The van der Waals surface area contributed by atoms with E-state index < -0.39 is 5.54 Å². The molecule has 4 heteroatoms. The largest absolute Gasteiger partial charge is 0.306 e. The summed E-state index contributed by atoms with van der Waals surface area (Å²) in [6, 6.07) is 4.74. The highest BCUT2D eigenvalue weighted by Gasteiger charge is 2.26. The molecule has 17 heavy (non-hydrogen) atoms. The van der Waals surface area contributed by atoms with Gasteiger partial charge in [-0.3, -0.25) is 4.79 Å². The zero-order chi connectivity index (χ0) is 13.1. The van der Waals surface area contributed by atoms with Gasteiger partial charge in [0.15, 0.2) is 5.78 Å². The van der Waals surface area contributed by atoms with Crippen molar-refractivity contribution in [3.8, 4) is 0 Å². The Kier molecular flexibility index (Phi) is 4.83. The monoisotopic (exact) mass is 301 g/mol. The quantitative estimate of drug-likeness (QED) is 0.905. The van der Waals surface area contributed by atoms with Gasteiger partial charge in [0.25, 0.3) is 0 Å². The van der Waals surface area contributed by atoms with Gasteiger partial charge in [0, 0.05) is 6.42 Å². The van der Waals surface area contributed by atoms with Gasteiger partial charge in [-0.15, -0.1) is 0 Å². The molecule has 0 radical (unpaired) electrons. The normalized spacial score (nSPS) is 11.6. The summed E-state index contributed by atoms with van der Waals surface area (Å²) in [5.74, 6) is -0.290. The van der Waals surface area contributed by atoms with E-state index in [0.29, 0.717) is 10.0 Å². The Morgan fingerprint density at radius 2 is 2.12 bits per heavy atom. The van der Waals surface area contributed by atoms with Gasteiger partial charge >= 0.3 is 0 Å². The van der Waals surface area contributed by atoms with E-state index in [1.165, 1.54) is 6.07 Å². The lowest BCUT2D eigenvalue weighted by Crippen LogP contribution is -2.47. The summed E-state index contributed by atoms with van der Waals surface area (Å²) in [5, 5.41) is 3.12. The number of carbonyl (C=O) groups excluding carboxylic acids is 1. The highest BCUT2D eigenvalue weighted by molar-refractivity contribution is 9.10. The van der Waals surface area contributed by atoms with Crippen molar-refractivity contribution >= 4 is 21.7 Å². The molecule has 0 aliphatic heterocycles. The summed E-state index contributed by atoms with van der Waals surface area (Å²) in [6.07, 6.45) is 0.221. The lowest BCUT2D eigenvalue weighted by atomic mass is 9.93. The minimum absolute atomic E-state index is 0.0469. The number of hydrogen-bond donors (Lipinski definition) is 1. The summed E-state index contributed by atoms with van der Waals surface area (Å²) in [6.45, 7) is 6.36. The van der Waals surface area contributed by atoms with E-state index in [9.17, 15) is 9.18 Å². The number of ketones is 1. The maximum Gasteiger partial charge on any atom is 0.156 e. The molecular weight excluding hydrogens is 285 g/mol. The van der Waals surface area contributed by atoms with E-state index in [0.717, 1.165) is 6.54 Å². The summed E-state index contributed by atoms with van der Waals surface area (Å²) in [4.78, 5) is 12.1. The molecule has 0 aromatic heterocycles. The Labute approximate surface area is 110 Å². The second kappa shape index (κ2) is 5.74. The fourth-order valence-electron chi connectivity index (χ4n) is 1.62. The van der Waals surface area contributed by atoms with Crippen molar-refractivity contribution in [3.63, 3.8) is 0 Å². The van der Waals surface area contributed by atoms with Crippen LogP contribution in [0, 0.1) is 5.82 Å². The minimum atomic E-state index is -0.583. The molecule has 0 atom stereocenters. The molecule has 0 fully saturated rings. The van der Waals surface area contributed by atoms with Crippen LogP contribution < -0.4 is 5.32 Å². The number of halogens is 2. The van der Waals surface area contributed by atoms with E-state index in [4.69, 9.17) is 0 Å². The number of rotatable bonds is 5. The van der Waals surface area contributed by atoms with Crippen molar-refractivity contribution in [2.24, 2.45) is 0 Å². The Bertz CT molecular complexity index is 418. The van der Waals surface area contributed by atoms with Crippen LogP contribution in [0.3, 0.4) is 0 Å². The number of nitrogens with one attached hydrogen (secondary N) is 1. The number of hydrogen-bond acceptors (Lipinski definition) is 2. The molecule has 0 heterocycles. The van der Waals surface area contributed by atoms with Crippen molar-refractivity contribution in [2.45, 2.75) is 32.7 Å². The molecule has 0 amide bonds. The summed E-state index contributed by atoms with van der Waals surface area (Å²) >= 11 is 3.17. The summed E-state index contributed by atoms with van der Waals surface area (Å²) in [5.41, 5.74) is 0.0986. The van der Waals surface area contributed by atoms with Gasteiger partial charge in [-0.2, -0.15) is 0 Å². The summed E-state index contributed by atoms with van der Waals surface area (Å²) in [7, 11) is 0. The van der Waals surface area contributed by atoms with Crippen LogP contribution in [-0.2, 0) is 11.2 Å². The van der Waals surface area contributed by atoms with Crippen LogP contribution in [0.5, 0.6) is 0 Å². The molecule has 0 saturated carbocycles. The summed E-state index contributed by atoms with van der Waals surface area (Å²) < 4.78 is 13.7. The van der Waals surface area contributed by atoms with Crippen molar-refractivity contribution in [3.05, 3.63) is 34.1 Å². The van der Waals surface area contributed by atoms with Gasteiger partial charge in [0.2, 0.25) is 0 Å². The van der Waals surface area contributed by atoms with E-state index in [2.05, 4.69) is 21.2 Å². The second-order valence-corrected chi connectivity index (χ2v) is 5.26. The molecule has 2 nitrogen and oxygen atoms in total. The van der Waals surface area contributed by atoms with Crippen LogP contribution in [0.1, 0.15) is 26.3 Å². The minimum Gasteiger partial charge on any atom is -0.306 e. The van der Waals surface area contributed by atoms with Gasteiger partial charge in [-0.1, -0.05) is 19.1 Å². The molecule has 0 aliphatic carbocycles. The van der Waals surface area contributed by atoms with Gasteiger partial charge in [-0.05, 0) is 48.0 Å². The number of carbonyl (C=O) groups is 1. The third kappa shape index (κ3) is 3.61. The van der Waals surface area contributed by atoms with E-state index >= 15 is 0 Å². The predicted molar refractivity (Wildman–Crippen MR) is 70.6 cm³/mol. The van der Waals surface area contributed by atoms with Crippen LogP contribution in [0.15, 0.2) is 22.7 Å². The van der Waals surface area contributed by atoms with Gasteiger partial charge in [0.1, 0.15) is 5.82 Å². The first kappa shape index (κ1) is 14.3. The zero-order valence-corrected chi connectivity index (χ0v) is 11.9. The first-order valence-corrected chi connectivity index (χ1v) is 6.39. The molecule has 1 rings (SSSR count). The Balaban J connectivity index is 2.85. The van der Waals surface area contributed by atoms with Crippen molar-refractivity contribution in [1.82, 2.24) is 5.32 Å². The standard InChI is InChI=1S/C13H17BrFNO/c1-4-16-13(2,3)11(17)8-9-6-5-7-10(15)12(9)14/h5-7,16H,4,8H2,1-3H3. The fraction of sp³-hybridized carbons (Fsp3) is 0.462. The smallest absolute Gasteiger partial charge is 0.156 e. The van der Waals surface area contributed by atoms with Crippen molar-refractivity contribution in [2.75, 3.05) is 6.54 Å². The second-order valence-electron chi connectivity index (χ2n) is 4.47. The third-order valence-corrected chi connectivity index (χ3v) is 3.59.